The van der Waals surface area contributed by atoms with E-state index < -0.39 is 35.1 Å². The number of benzene rings is 2. The molecule has 2 aromatic carbocycles. The monoisotopic (exact) mass is 603 g/mol. The Morgan fingerprint density at radius 3 is 2.33 bits per heavy atom. The first-order valence-electron chi connectivity index (χ1n) is 15.0. The Kier molecular flexibility index (Phi) is 7.73. The van der Waals surface area contributed by atoms with Gasteiger partial charge < -0.3 is 24.5 Å². The van der Waals surface area contributed by atoms with E-state index in [1.54, 1.807) is 39.0 Å². The molecule has 0 saturated carbocycles. The molecule has 0 bridgehead atoms. The predicted molar refractivity (Wildman–Crippen MR) is 164 cm³/mol. The van der Waals surface area contributed by atoms with Crippen LogP contribution in [-0.2, 0) is 25.7 Å². The Labute approximate surface area is 257 Å². The molecule has 4 aliphatic heterocycles. The standard InChI is InChI=1S/C34H38ClN3O5/c1-4-22(2)26(21-39)38-29-32(42)37(25-14-12-24(35)13-15-25)19-9-17-34(29)28(31(38)41)27-30(40)36(18-8-16-33(27,3)43-34)20-23-10-6-5-7-11-23/h5-17,22,26-29,39H,4,18-21H2,1-3H3/t22-,26-,27-,28-,29?,33+,34-/m0/s1. The van der Waals surface area contributed by atoms with Crippen LogP contribution in [-0.4, -0.2) is 75.6 Å². The number of hydrogen-bond donors (Lipinski definition) is 1. The highest BCUT2D eigenvalue weighted by Crippen LogP contribution is 2.58. The van der Waals surface area contributed by atoms with Gasteiger partial charge in [0.2, 0.25) is 11.8 Å². The van der Waals surface area contributed by atoms with Gasteiger partial charge in [-0.1, -0.05) is 86.5 Å². The Bertz CT molecular complexity index is 1460. The molecule has 9 heteroatoms. The second-order valence-electron chi connectivity index (χ2n) is 12.3. The fourth-order valence-corrected chi connectivity index (χ4v) is 7.61. The lowest BCUT2D eigenvalue weighted by molar-refractivity contribution is -0.152. The number of hydrogen-bond acceptors (Lipinski definition) is 5. The maximum atomic E-state index is 14.8. The average molecular weight is 604 g/mol. The topological polar surface area (TPSA) is 90.4 Å². The van der Waals surface area contributed by atoms with Gasteiger partial charge in [-0.2, -0.15) is 0 Å². The Hall–Kier alpha value is -3.46. The van der Waals surface area contributed by atoms with Crippen molar-refractivity contribution in [3.8, 4) is 0 Å². The molecule has 4 heterocycles. The summed E-state index contributed by atoms with van der Waals surface area (Å²) in [6.45, 7) is 6.53. The lowest BCUT2D eigenvalue weighted by atomic mass is 9.74. The highest BCUT2D eigenvalue weighted by molar-refractivity contribution is 6.30. The Morgan fingerprint density at radius 1 is 0.953 bits per heavy atom. The van der Waals surface area contributed by atoms with E-state index in [-0.39, 0.29) is 36.8 Å². The number of nitrogens with zero attached hydrogens (tertiary/aromatic N) is 3. The zero-order valence-electron chi connectivity index (χ0n) is 24.7. The number of anilines is 1. The first-order valence-corrected chi connectivity index (χ1v) is 15.4. The van der Waals surface area contributed by atoms with Gasteiger partial charge in [0.25, 0.3) is 5.91 Å². The molecule has 0 aliphatic carbocycles. The molecular weight excluding hydrogens is 566 g/mol. The van der Waals surface area contributed by atoms with Crippen LogP contribution in [0.4, 0.5) is 5.69 Å². The molecule has 6 rings (SSSR count). The fraction of sp³-hybridized carbons (Fsp3) is 0.441. The lowest BCUT2D eigenvalue weighted by Gasteiger charge is -2.41. The number of carbonyl (C=O) groups excluding carboxylic acids is 3. The van der Waals surface area contributed by atoms with Crippen LogP contribution in [0.15, 0.2) is 78.9 Å². The van der Waals surface area contributed by atoms with Crippen molar-refractivity contribution < 1.29 is 24.2 Å². The van der Waals surface area contributed by atoms with Gasteiger partial charge in [-0.05, 0) is 42.7 Å². The van der Waals surface area contributed by atoms with Crippen molar-refractivity contribution in [3.63, 3.8) is 0 Å². The van der Waals surface area contributed by atoms with E-state index in [9.17, 15) is 19.5 Å². The summed E-state index contributed by atoms with van der Waals surface area (Å²) in [7, 11) is 0. The third-order valence-corrected chi connectivity index (χ3v) is 10.0. The second-order valence-corrected chi connectivity index (χ2v) is 12.7. The molecule has 2 fully saturated rings. The number of halogens is 1. The molecule has 1 spiro atoms. The summed E-state index contributed by atoms with van der Waals surface area (Å²) < 4.78 is 6.95. The van der Waals surface area contributed by atoms with Crippen molar-refractivity contribution in [2.45, 2.75) is 57.0 Å². The molecule has 43 heavy (non-hydrogen) atoms. The van der Waals surface area contributed by atoms with Crippen LogP contribution in [0.5, 0.6) is 0 Å². The molecule has 2 aromatic rings. The summed E-state index contributed by atoms with van der Waals surface area (Å²) in [5, 5.41) is 11.2. The van der Waals surface area contributed by atoms with E-state index >= 15 is 0 Å². The average Bonchev–Trinajstić information content (AvgIpc) is 3.27. The number of fused-ring (bicyclic) bond motifs is 2. The van der Waals surface area contributed by atoms with Crippen LogP contribution in [0.2, 0.25) is 5.02 Å². The summed E-state index contributed by atoms with van der Waals surface area (Å²) in [5.74, 6) is -2.74. The SMILES string of the molecule is CC[C@H](C)[C@H](CO)N1C(=O)[C@@H]2[C@H]3C(=O)N(Cc4ccccc4)CC=C[C@@]3(C)O[C@@]23C=CCN(c2ccc(Cl)cc2)C(=O)C13. The van der Waals surface area contributed by atoms with Gasteiger partial charge in [0, 0.05) is 30.3 Å². The number of aliphatic hydroxyl groups is 1. The van der Waals surface area contributed by atoms with Gasteiger partial charge in [-0.3, -0.25) is 14.4 Å². The van der Waals surface area contributed by atoms with Crippen LogP contribution in [0.25, 0.3) is 0 Å². The normalized spacial score (nSPS) is 31.4. The first-order chi connectivity index (χ1) is 20.6. The number of rotatable bonds is 7. The minimum absolute atomic E-state index is 0.0977. The van der Waals surface area contributed by atoms with Crippen molar-refractivity contribution in [3.05, 3.63) is 89.5 Å². The molecule has 1 N–H and O–H groups in total. The molecule has 0 aromatic heterocycles. The highest BCUT2D eigenvalue weighted by atomic mass is 35.5. The predicted octanol–water partition coefficient (Wildman–Crippen LogP) is 4.22. The van der Waals surface area contributed by atoms with Gasteiger partial charge >= 0.3 is 0 Å². The van der Waals surface area contributed by atoms with Crippen molar-refractivity contribution in [2.24, 2.45) is 17.8 Å². The number of aliphatic hydroxyl groups excluding tert-OH is 1. The van der Waals surface area contributed by atoms with Crippen LogP contribution in [0, 0.1) is 17.8 Å². The largest absolute Gasteiger partial charge is 0.394 e. The molecule has 3 amide bonds. The van der Waals surface area contributed by atoms with Crippen LogP contribution >= 0.6 is 11.6 Å². The minimum atomic E-state index is -1.40. The lowest BCUT2D eigenvalue weighted by Crippen LogP contribution is -2.60. The van der Waals surface area contributed by atoms with Crippen LogP contribution in [0.3, 0.4) is 0 Å². The third kappa shape index (κ3) is 4.71. The molecule has 7 atom stereocenters. The molecule has 2 saturated heterocycles. The van der Waals surface area contributed by atoms with Crippen molar-refractivity contribution in [2.75, 3.05) is 24.6 Å². The summed E-state index contributed by atoms with van der Waals surface area (Å²) in [4.78, 5) is 48.8. The van der Waals surface area contributed by atoms with Crippen molar-refractivity contribution in [1.29, 1.82) is 0 Å². The molecule has 0 radical (unpaired) electrons. The van der Waals surface area contributed by atoms with Gasteiger partial charge in [0.05, 0.1) is 30.1 Å². The number of likely N-dealkylation sites (tertiary alicyclic amines) is 1. The molecule has 226 valence electrons. The Morgan fingerprint density at radius 2 is 1.65 bits per heavy atom. The maximum Gasteiger partial charge on any atom is 0.253 e. The van der Waals surface area contributed by atoms with Gasteiger partial charge in [0.1, 0.15) is 11.6 Å². The summed E-state index contributed by atoms with van der Waals surface area (Å²) in [6.07, 6.45) is 8.20. The highest BCUT2D eigenvalue weighted by Gasteiger charge is 2.75. The Balaban J connectivity index is 1.47. The maximum absolute atomic E-state index is 14.8. The van der Waals surface area contributed by atoms with E-state index in [1.165, 1.54) is 0 Å². The quantitative estimate of drug-likeness (QED) is 0.479. The number of ether oxygens (including phenoxy) is 1. The van der Waals surface area contributed by atoms with E-state index in [0.29, 0.717) is 30.2 Å². The van der Waals surface area contributed by atoms with Crippen molar-refractivity contribution >= 4 is 35.0 Å². The molecule has 1 unspecified atom stereocenters. The zero-order valence-corrected chi connectivity index (χ0v) is 25.5. The van der Waals surface area contributed by atoms with Crippen molar-refractivity contribution in [1.82, 2.24) is 9.80 Å². The van der Waals surface area contributed by atoms with Crippen LogP contribution in [0.1, 0.15) is 32.8 Å². The molecule has 8 nitrogen and oxygen atoms in total. The smallest absolute Gasteiger partial charge is 0.253 e. The summed E-state index contributed by atoms with van der Waals surface area (Å²) in [5.41, 5.74) is -0.887. The molecule has 4 aliphatic rings. The molecular formula is C34H38ClN3O5. The van der Waals surface area contributed by atoms with E-state index in [0.717, 1.165) is 5.56 Å². The fourth-order valence-electron chi connectivity index (χ4n) is 7.48. The number of amides is 3. The van der Waals surface area contributed by atoms with E-state index in [1.807, 2.05) is 75.4 Å². The summed E-state index contributed by atoms with van der Waals surface area (Å²) >= 11 is 6.15. The van der Waals surface area contributed by atoms with Gasteiger partial charge in [-0.15, -0.1) is 0 Å². The van der Waals surface area contributed by atoms with Crippen LogP contribution < -0.4 is 4.90 Å². The minimum Gasteiger partial charge on any atom is -0.394 e. The summed E-state index contributed by atoms with van der Waals surface area (Å²) in [6, 6.07) is 15.1. The van der Waals surface area contributed by atoms with Gasteiger partial charge in [0.15, 0.2) is 0 Å². The van der Waals surface area contributed by atoms with E-state index in [4.69, 9.17) is 16.3 Å². The number of carbonyl (C=O) groups is 3. The second kappa shape index (κ2) is 11.2. The van der Waals surface area contributed by atoms with E-state index in [2.05, 4.69) is 0 Å². The third-order valence-electron chi connectivity index (χ3n) is 9.78. The first kappa shape index (κ1) is 29.6. The zero-order chi connectivity index (χ0) is 30.5. The van der Waals surface area contributed by atoms with Gasteiger partial charge in [-0.25, -0.2) is 0 Å².